The molecular formula is C19H14N4O4. The maximum atomic E-state index is 12.4. The van der Waals surface area contributed by atoms with Crippen LogP contribution in [0.3, 0.4) is 0 Å². The van der Waals surface area contributed by atoms with Gasteiger partial charge in [0.1, 0.15) is 12.1 Å². The third kappa shape index (κ3) is 3.52. The highest BCUT2D eigenvalue weighted by Gasteiger charge is 2.19. The zero-order valence-electron chi connectivity index (χ0n) is 14.1. The molecule has 0 aliphatic carbocycles. The van der Waals surface area contributed by atoms with Crippen LogP contribution in [0.25, 0.3) is 10.8 Å². The lowest BCUT2D eigenvalue weighted by molar-refractivity contribution is -0.385. The quantitative estimate of drug-likeness (QED) is 0.423. The van der Waals surface area contributed by atoms with Gasteiger partial charge in [0.15, 0.2) is 0 Å². The van der Waals surface area contributed by atoms with E-state index in [0.29, 0.717) is 16.5 Å². The molecule has 8 heteroatoms. The molecule has 27 heavy (non-hydrogen) atoms. The van der Waals surface area contributed by atoms with Crippen LogP contribution in [0.15, 0.2) is 53.3 Å². The fraction of sp³-hybridized carbons (Fsp3) is 0.105. The Morgan fingerprint density at radius 3 is 2.56 bits per heavy atom. The van der Waals surface area contributed by atoms with Crippen LogP contribution in [0.5, 0.6) is 0 Å². The van der Waals surface area contributed by atoms with Crippen molar-refractivity contribution in [1.29, 1.82) is 0 Å². The number of nitro groups is 1. The number of hydrogen-bond donors (Lipinski definition) is 1. The minimum Gasteiger partial charge on any atom is -0.346 e. The van der Waals surface area contributed by atoms with Crippen molar-refractivity contribution in [2.45, 2.75) is 13.1 Å². The fourth-order valence-electron chi connectivity index (χ4n) is 2.71. The summed E-state index contributed by atoms with van der Waals surface area (Å²) < 4.78 is 1.15. The molecule has 0 radical (unpaired) electrons. The van der Waals surface area contributed by atoms with Gasteiger partial charge in [-0.05, 0) is 12.1 Å². The molecule has 0 saturated heterocycles. The standard InChI is InChI=1S/C19H14N4O4/c1-2-11-22-19(25)14-8-4-3-7-13(14)16(21-22)12-20-18(24)15-9-5-6-10-17(15)23(26)27/h1,3-10H,11-12H2,(H,20,24). The molecule has 0 fully saturated rings. The SMILES string of the molecule is C#CCn1nc(CNC(=O)c2ccccc2[N+](=O)[O-])c2ccccc2c1=O. The monoisotopic (exact) mass is 362 g/mol. The van der Waals surface area contributed by atoms with Crippen LogP contribution in [0.1, 0.15) is 16.1 Å². The summed E-state index contributed by atoms with van der Waals surface area (Å²) in [6, 6.07) is 12.5. The number of rotatable bonds is 5. The van der Waals surface area contributed by atoms with Gasteiger partial charge in [0.2, 0.25) is 0 Å². The Morgan fingerprint density at radius 2 is 1.85 bits per heavy atom. The molecule has 0 spiro atoms. The number of nitrogens with one attached hydrogen (secondary N) is 1. The Morgan fingerprint density at radius 1 is 1.19 bits per heavy atom. The van der Waals surface area contributed by atoms with Gasteiger partial charge in [-0.1, -0.05) is 36.3 Å². The lowest BCUT2D eigenvalue weighted by Crippen LogP contribution is -2.28. The van der Waals surface area contributed by atoms with Crippen LogP contribution in [0, 0.1) is 22.5 Å². The third-order valence-corrected chi connectivity index (χ3v) is 3.95. The molecule has 8 nitrogen and oxygen atoms in total. The lowest BCUT2D eigenvalue weighted by atomic mass is 10.1. The molecule has 0 saturated carbocycles. The molecule has 1 amide bonds. The Bertz CT molecular complexity index is 1140. The van der Waals surface area contributed by atoms with E-state index in [2.05, 4.69) is 16.3 Å². The number of fused-ring (bicyclic) bond motifs is 1. The summed E-state index contributed by atoms with van der Waals surface area (Å²) in [5.41, 5.74) is -0.224. The second-order valence-corrected chi connectivity index (χ2v) is 5.62. The maximum Gasteiger partial charge on any atom is 0.282 e. The van der Waals surface area contributed by atoms with Crippen LogP contribution < -0.4 is 10.9 Å². The minimum atomic E-state index is -0.615. The zero-order chi connectivity index (χ0) is 19.4. The zero-order valence-corrected chi connectivity index (χ0v) is 14.1. The number of nitrogens with zero attached hydrogens (tertiary/aromatic N) is 3. The van der Waals surface area contributed by atoms with Gasteiger partial charge < -0.3 is 5.32 Å². The van der Waals surface area contributed by atoms with E-state index in [1.165, 1.54) is 18.2 Å². The average Bonchev–Trinajstić information content (AvgIpc) is 2.69. The van der Waals surface area contributed by atoms with Crippen molar-refractivity contribution in [2.75, 3.05) is 0 Å². The Hall–Kier alpha value is -3.99. The smallest absolute Gasteiger partial charge is 0.282 e. The predicted molar refractivity (Wildman–Crippen MR) is 99.1 cm³/mol. The number of amides is 1. The molecule has 0 aliphatic heterocycles. The first kappa shape index (κ1) is 17.8. The summed E-state index contributed by atoms with van der Waals surface area (Å²) in [6.45, 7) is -0.0228. The summed E-state index contributed by atoms with van der Waals surface area (Å²) in [5, 5.41) is 18.9. The fourth-order valence-corrected chi connectivity index (χ4v) is 2.71. The molecule has 0 aliphatic rings. The number of nitro benzene ring substituents is 1. The summed E-state index contributed by atoms with van der Waals surface area (Å²) >= 11 is 0. The number of terminal acetylenes is 1. The van der Waals surface area contributed by atoms with Gasteiger partial charge in [0.25, 0.3) is 17.2 Å². The predicted octanol–water partition coefficient (Wildman–Crippen LogP) is 1.87. The van der Waals surface area contributed by atoms with E-state index in [0.717, 1.165) is 4.68 Å². The molecular weight excluding hydrogens is 348 g/mol. The summed E-state index contributed by atoms with van der Waals surface area (Å²) in [5.74, 6) is 1.76. The normalized spacial score (nSPS) is 10.3. The van der Waals surface area contributed by atoms with Gasteiger partial charge >= 0.3 is 0 Å². The van der Waals surface area contributed by atoms with Crippen molar-refractivity contribution in [3.05, 3.63) is 80.3 Å². The van der Waals surface area contributed by atoms with Gasteiger partial charge in [-0.15, -0.1) is 6.42 Å². The molecule has 3 rings (SSSR count). The number of aromatic nitrogens is 2. The number of hydrogen-bond acceptors (Lipinski definition) is 5. The van der Waals surface area contributed by atoms with Crippen molar-refractivity contribution in [3.63, 3.8) is 0 Å². The molecule has 0 bridgehead atoms. The molecule has 2 aromatic carbocycles. The van der Waals surface area contributed by atoms with E-state index in [4.69, 9.17) is 6.42 Å². The van der Waals surface area contributed by atoms with Crippen LogP contribution >= 0.6 is 0 Å². The number of para-hydroxylation sites is 1. The van der Waals surface area contributed by atoms with E-state index in [9.17, 15) is 19.7 Å². The topological polar surface area (TPSA) is 107 Å². The van der Waals surface area contributed by atoms with Crippen molar-refractivity contribution in [3.8, 4) is 12.3 Å². The van der Waals surface area contributed by atoms with Crippen molar-refractivity contribution in [2.24, 2.45) is 0 Å². The molecule has 1 heterocycles. The molecule has 0 unspecified atom stereocenters. The molecule has 134 valence electrons. The summed E-state index contributed by atoms with van der Waals surface area (Å²) in [6.07, 6.45) is 5.28. The van der Waals surface area contributed by atoms with E-state index < -0.39 is 10.8 Å². The first-order chi connectivity index (χ1) is 13.0. The van der Waals surface area contributed by atoms with Gasteiger partial charge in [-0.2, -0.15) is 5.10 Å². The van der Waals surface area contributed by atoms with Gasteiger partial charge in [0, 0.05) is 11.5 Å². The number of carbonyl (C=O) groups excluding carboxylic acids is 1. The van der Waals surface area contributed by atoms with Crippen LogP contribution in [-0.4, -0.2) is 20.6 Å². The lowest BCUT2D eigenvalue weighted by Gasteiger charge is -2.10. The van der Waals surface area contributed by atoms with E-state index >= 15 is 0 Å². The summed E-state index contributed by atoms with van der Waals surface area (Å²) in [4.78, 5) is 35.3. The second kappa shape index (κ2) is 7.49. The molecule has 1 N–H and O–H groups in total. The summed E-state index contributed by atoms with van der Waals surface area (Å²) in [7, 11) is 0. The van der Waals surface area contributed by atoms with Crippen LogP contribution in [-0.2, 0) is 13.1 Å². The van der Waals surface area contributed by atoms with Crippen molar-refractivity contribution < 1.29 is 9.72 Å². The second-order valence-electron chi connectivity index (χ2n) is 5.62. The van der Waals surface area contributed by atoms with E-state index in [-0.39, 0.29) is 29.9 Å². The maximum absolute atomic E-state index is 12.4. The average molecular weight is 362 g/mol. The van der Waals surface area contributed by atoms with Crippen molar-refractivity contribution in [1.82, 2.24) is 15.1 Å². The molecule has 1 aromatic heterocycles. The van der Waals surface area contributed by atoms with Crippen LogP contribution in [0.2, 0.25) is 0 Å². The van der Waals surface area contributed by atoms with Gasteiger partial charge in [-0.3, -0.25) is 19.7 Å². The Balaban J connectivity index is 1.95. The Kier molecular flexibility index (Phi) is 4.95. The first-order valence-corrected chi connectivity index (χ1v) is 7.96. The number of carbonyl (C=O) groups is 1. The largest absolute Gasteiger partial charge is 0.346 e. The molecule has 3 aromatic rings. The van der Waals surface area contributed by atoms with Crippen LogP contribution in [0.4, 0.5) is 5.69 Å². The van der Waals surface area contributed by atoms with Gasteiger partial charge in [-0.25, -0.2) is 4.68 Å². The van der Waals surface area contributed by atoms with E-state index in [1.807, 2.05) is 0 Å². The highest BCUT2D eigenvalue weighted by atomic mass is 16.6. The minimum absolute atomic E-state index is 0.00519. The third-order valence-electron chi connectivity index (χ3n) is 3.95. The Labute approximate surface area is 153 Å². The molecule has 0 atom stereocenters. The van der Waals surface area contributed by atoms with E-state index in [1.54, 1.807) is 30.3 Å². The highest BCUT2D eigenvalue weighted by molar-refractivity contribution is 5.98. The highest BCUT2D eigenvalue weighted by Crippen LogP contribution is 2.18. The van der Waals surface area contributed by atoms with Gasteiger partial charge in [0.05, 0.1) is 22.5 Å². The number of benzene rings is 2. The first-order valence-electron chi connectivity index (χ1n) is 7.96. The van der Waals surface area contributed by atoms with Crippen molar-refractivity contribution >= 4 is 22.4 Å².